The second kappa shape index (κ2) is 10.8. The van der Waals surface area contributed by atoms with Crippen molar-refractivity contribution in [3.63, 3.8) is 0 Å². The molecule has 2 aliphatic rings. The molecular formula is C27H32N4O5. The molecule has 4 amide bonds. The zero-order valence-corrected chi connectivity index (χ0v) is 20.9. The van der Waals surface area contributed by atoms with Crippen LogP contribution in [0.2, 0.25) is 0 Å². The highest BCUT2D eigenvalue weighted by atomic mass is 16.6. The minimum Gasteiger partial charge on any atom is -0.438 e. The molecule has 2 aromatic rings. The van der Waals surface area contributed by atoms with Crippen molar-refractivity contribution in [1.82, 2.24) is 14.7 Å². The molecule has 0 aromatic heterocycles. The molecule has 9 heteroatoms. The second-order valence-electron chi connectivity index (χ2n) is 9.22. The summed E-state index contributed by atoms with van der Waals surface area (Å²) in [6.07, 6.45) is -0.981. The van der Waals surface area contributed by atoms with Crippen molar-refractivity contribution in [3.05, 3.63) is 65.2 Å². The van der Waals surface area contributed by atoms with Gasteiger partial charge in [0, 0.05) is 45.2 Å². The highest BCUT2D eigenvalue weighted by Gasteiger charge is 2.48. The number of nitrogens with zero attached hydrogens (tertiary/aromatic N) is 3. The molecular weight excluding hydrogens is 460 g/mol. The smallest absolute Gasteiger partial charge is 0.411 e. The predicted molar refractivity (Wildman–Crippen MR) is 134 cm³/mol. The van der Waals surface area contributed by atoms with E-state index in [1.807, 2.05) is 31.2 Å². The Morgan fingerprint density at radius 2 is 1.67 bits per heavy atom. The van der Waals surface area contributed by atoms with Crippen LogP contribution < -0.4 is 5.32 Å². The average Bonchev–Trinajstić information content (AvgIpc) is 3.19. The number of aryl methyl sites for hydroxylation is 1. The van der Waals surface area contributed by atoms with Gasteiger partial charge in [-0.1, -0.05) is 48.9 Å². The maximum atomic E-state index is 13.8. The second-order valence-corrected chi connectivity index (χ2v) is 9.22. The molecule has 2 aromatic carbocycles. The number of nitrogens with one attached hydrogen (secondary N) is 1. The van der Waals surface area contributed by atoms with Crippen molar-refractivity contribution < 1.29 is 23.9 Å². The molecule has 9 nitrogen and oxygen atoms in total. The van der Waals surface area contributed by atoms with Crippen LogP contribution in [-0.4, -0.2) is 70.7 Å². The molecule has 2 fully saturated rings. The summed E-state index contributed by atoms with van der Waals surface area (Å²) in [7, 11) is 0. The number of piperazine rings is 1. The fraction of sp³-hybridized carbons (Fsp3) is 0.407. The SMILES string of the molecule is CCC(=O)Nc1ccc(C2OC(=O)N(Cc3cccc(C)c3)C2C(=O)N2CCN(C(C)=O)CC2)cc1. The zero-order chi connectivity index (χ0) is 25.8. The van der Waals surface area contributed by atoms with E-state index in [0.29, 0.717) is 43.9 Å². The Morgan fingerprint density at radius 3 is 2.28 bits per heavy atom. The van der Waals surface area contributed by atoms with Crippen LogP contribution in [0.5, 0.6) is 0 Å². The lowest BCUT2D eigenvalue weighted by atomic mass is 9.99. The fourth-order valence-electron chi connectivity index (χ4n) is 4.64. The third-order valence-corrected chi connectivity index (χ3v) is 6.65. The molecule has 4 rings (SSSR count). The summed E-state index contributed by atoms with van der Waals surface area (Å²) in [6, 6.07) is 14.0. The number of benzene rings is 2. The van der Waals surface area contributed by atoms with Crippen molar-refractivity contribution in [2.75, 3.05) is 31.5 Å². The van der Waals surface area contributed by atoms with Crippen molar-refractivity contribution in [2.24, 2.45) is 0 Å². The van der Waals surface area contributed by atoms with Gasteiger partial charge in [0.05, 0.1) is 6.54 Å². The van der Waals surface area contributed by atoms with E-state index in [1.165, 1.54) is 11.8 Å². The van der Waals surface area contributed by atoms with Crippen molar-refractivity contribution in [1.29, 1.82) is 0 Å². The van der Waals surface area contributed by atoms with Gasteiger partial charge >= 0.3 is 6.09 Å². The predicted octanol–water partition coefficient (Wildman–Crippen LogP) is 3.10. The number of hydrogen-bond donors (Lipinski definition) is 1. The lowest BCUT2D eigenvalue weighted by molar-refractivity contribution is -0.142. The molecule has 0 saturated carbocycles. The minimum atomic E-state index is -0.849. The van der Waals surface area contributed by atoms with Gasteiger partial charge < -0.3 is 19.9 Å². The number of hydrogen-bond acceptors (Lipinski definition) is 5. The standard InChI is InChI=1S/C27H32N4O5/c1-4-23(33)28-22-10-8-21(9-11-22)25-24(26(34)30-14-12-29(13-15-30)19(3)32)31(27(35)36-25)17-20-7-5-6-18(2)16-20/h5-11,16,24-25H,4,12-15,17H2,1-3H3,(H,28,33). The van der Waals surface area contributed by atoms with E-state index in [4.69, 9.17) is 4.74 Å². The Bertz CT molecular complexity index is 1140. The lowest BCUT2D eigenvalue weighted by Crippen LogP contribution is -2.55. The Labute approximate surface area is 211 Å². The van der Waals surface area contributed by atoms with Crippen LogP contribution in [0.1, 0.15) is 43.1 Å². The molecule has 0 radical (unpaired) electrons. The van der Waals surface area contributed by atoms with Crippen molar-refractivity contribution >= 4 is 29.5 Å². The van der Waals surface area contributed by atoms with Crippen LogP contribution >= 0.6 is 0 Å². The number of anilines is 1. The number of carbonyl (C=O) groups excluding carboxylic acids is 4. The highest BCUT2D eigenvalue weighted by molar-refractivity contribution is 5.91. The van der Waals surface area contributed by atoms with E-state index in [1.54, 1.807) is 41.0 Å². The molecule has 0 bridgehead atoms. The first-order valence-electron chi connectivity index (χ1n) is 12.2. The molecule has 2 unspecified atom stereocenters. The Kier molecular flexibility index (Phi) is 7.57. The maximum absolute atomic E-state index is 13.8. The van der Waals surface area contributed by atoms with E-state index in [0.717, 1.165) is 11.1 Å². The third kappa shape index (κ3) is 5.50. The maximum Gasteiger partial charge on any atom is 0.411 e. The molecule has 1 N–H and O–H groups in total. The van der Waals surface area contributed by atoms with Crippen molar-refractivity contribution in [3.8, 4) is 0 Å². The summed E-state index contributed by atoms with van der Waals surface area (Å²) in [5, 5.41) is 2.80. The first-order chi connectivity index (χ1) is 17.3. The first kappa shape index (κ1) is 25.2. The summed E-state index contributed by atoms with van der Waals surface area (Å²) in [5.74, 6) is -0.321. The summed E-state index contributed by atoms with van der Waals surface area (Å²) in [4.78, 5) is 55.2. The van der Waals surface area contributed by atoms with Gasteiger partial charge in [-0.3, -0.25) is 19.3 Å². The molecule has 0 aliphatic carbocycles. The summed E-state index contributed by atoms with van der Waals surface area (Å²) >= 11 is 0. The molecule has 2 aliphatic heterocycles. The van der Waals surface area contributed by atoms with E-state index in [9.17, 15) is 19.2 Å². The number of amides is 4. The number of carbonyl (C=O) groups is 4. The van der Waals surface area contributed by atoms with E-state index < -0.39 is 18.2 Å². The highest BCUT2D eigenvalue weighted by Crippen LogP contribution is 2.35. The quantitative estimate of drug-likeness (QED) is 0.668. The molecule has 36 heavy (non-hydrogen) atoms. The van der Waals surface area contributed by atoms with Gasteiger partial charge in [0.25, 0.3) is 0 Å². The van der Waals surface area contributed by atoms with Crippen LogP contribution in [0.4, 0.5) is 10.5 Å². The third-order valence-electron chi connectivity index (χ3n) is 6.65. The number of rotatable bonds is 6. The van der Waals surface area contributed by atoms with E-state index >= 15 is 0 Å². The average molecular weight is 493 g/mol. The topological polar surface area (TPSA) is 99.3 Å². The van der Waals surface area contributed by atoms with Gasteiger partial charge in [-0.2, -0.15) is 0 Å². The van der Waals surface area contributed by atoms with Crippen LogP contribution in [0.25, 0.3) is 0 Å². The zero-order valence-electron chi connectivity index (χ0n) is 20.9. The molecule has 0 spiro atoms. The molecule has 190 valence electrons. The van der Waals surface area contributed by atoms with Gasteiger partial charge in [0.1, 0.15) is 0 Å². The van der Waals surface area contributed by atoms with Gasteiger partial charge in [-0.25, -0.2) is 4.79 Å². The fourth-order valence-corrected chi connectivity index (χ4v) is 4.64. The van der Waals surface area contributed by atoms with Crippen LogP contribution in [0.15, 0.2) is 48.5 Å². The van der Waals surface area contributed by atoms with Crippen LogP contribution in [0, 0.1) is 6.92 Å². The van der Waals surface area contributed by atoms with Gasteiger partial charge in [0.2, 0.25) is 17.7 Å². The lowest BCUT2D eigenvalue weighted by Gasteiger charge is -2.37. The largest absolute Gasteiger partial charge is 0.438 e. The summed E-state index contributed by atoms with van der Waals surface area (Å²) in [5.41, 5.74) is 3.27. The molecule has 2 heterocycles. The minimum absolute atomic E-state index is 0.0179. The summed E-state index contributed by atoms with van der Waals surface area (Å²) < 4.78 is 5.78. The Balaban J connectivity index is 1.61. The number of ether oxygens (including phenoxy) is 1. The normalized spacial score (nSPS) is 19.8. The van der Waals surface area contributed by atoms with Crippen LogP contribution in [0.3, 0.4) is 0 Å². The first-order valence-corrected chi connectivity index (χ1v) is 12.2. The van der Waals surface area contributed by atoms with Crippen molar-refractivity contribution in [2.45, 2.75) is 45.9 Å². The monoisotopic (exact) mass is 492 g/mol. The Morgan fingerprint density at radius 1 is 1.00 bits per heavy atom. The summed E-state index contributed by atoms with van der Waals surface area (Å²) in [6.45, 7) is 7.22. The van der Waals surface area contributed by atoms with E-state index in [2.05, 4.69) is 5.32 Å². The number of cyclic esters (lactones) is 1. The molecule has 2 atom stereocenters. The van der Waals surface area contributed by atoms with Crippen LogP contribution in [-0.2, 0) is 25.7 Å². The molecule has 2 saturated heterocycles. The van der Waals surface area contributed by atoms with Gasteiger partial charge in [0.15, 0.2) is 12.1 Å². The van der Waals surface area contributed by atoms with Gasteiger partial charge in [-0.05, 0) is 30.2 Å². The Hall–Kier alpha value is -3.88. The van der Waals surface area contributed by atoms with Gasteiger partial charge in [-0.15, -0.1) is 0 Å². The van der Waals surface area contributed by atoms with E-state index in [-0.39, 0.29) is 24.3 Å².